The van der Waals surface area contributed by atoms with Crippen molar-refractivity contribution >= 4 is 23.2 Å². The number of halogens is 2. The number of carbonyl (C=O) groups is 1. The first-order valence-corrected chi connectivity index (χ1v) is 8.83. The summed E-state index contributed by atoms with van der Waals surface area (Å²) in [5, 5.41) is 7.58. The fourth-order valence-electron chi connectivity index (χ4n) is 2.70. The number of benzene rings is 3. The molecule has 138 valence electrons. The van der Waals surface area contributed by atoms with Gasteiger partial charge in [0.15, 0.2) is 5.82 Å². The Kier molecular flexibility index (Phi) is 4.87. The maximum Gasteiger partial charge on any atom is 0.295 e. The summed E-state index contributed by atoms with van der Waals surface area (Å²) in [5.74, 6) is -0.365. The first-order chi connectivity index (χ1) is 13.6. The minimum Gasteiger partial charge on any atom is -0.319 e. The van der Waals surface area contributed by atoms with E-state index in [-0.39, 0.29) is 11.6 Å². The molecule has 0 aliphatic carbocycles. The normalized spacial score (nSPS) is 10.6. The number of nitrogens with one attached hydrogen (secondary N) is 1. The van der Waals surface area contributed by atoms with E-state index in [0.717, 1.165) is 5.56 Å². The van der Waals surface area contributed by atoms with Crippen molar-refractivity contribution in [1.29, 1.82) is 0 Å². The number of nitrogens with zero attached hydrogens (tertiary/aromatic N) is 3. The van der Waals surface area contributed by atoms with Crippen molar-refractivity contribution in [2.45, 2.75) is 0 Å². The van der Waals surface area contributed by atoms with Crippen molar-refractivity contribution in [1.82, 2.24) is 14.8 Å². The van der Waals surface area contributed by atoms with Gasteiger partial charge in [0, 0.05) is 16.3 Å². The number of anilines is 1. The molecule has 0 unspecified atom stereocenters. The highest BCUT2D eigenvalue weighted by Gasteiger charge is 2.19. The Balaban J connectivity index is 1.74. The van der Waals surface area contributed by atoms with Crippen LogP contribution in [-0.2, 0) is 0 Å². The minimum atomic E-state index is -0.472. The van der Waals surface area contributed by atoms with Crippen LogP contribution in [0.2, 0.25) is 5.02 Å². The second-order valence-electron chi connectivity index (χ2n) is 5.98. The maximum absolute atomic E-state index is 13.3. The molecular formula is C21H14ClFN4O. The van der Waals surface area contributed by atoms with Gasteiger partial charge >= 0.3 is 0 Å². The third-order valence-corrected chi connectivity index (χ3v) is 4.23. The zero-order valence-electron chi connectivity index (χ0n) is 14.5. The van der Waals surface area contributed by atoms with E-state index >= 15 is 0 Å². The molecule has 4 aromatic rings. The first-order valence-electron chi connectivity index (χ1n) is 8.45. The Hall–Kier alpha value is -3.51. The van der Waals surface area contributed by atoms with Gasteiger partial charge in [-0.05, 0) is 42.5 Å². The number of amides is 1. The Morgan fingerprint density at radius 3 is 2.43 bits per heavy atom. The topological polar surface area (TPSA) is 59.8 Å². The molecule has 0 aliphatic rings. The standard InChI is InChI=1S/C21H14ClFN4O/c22-15-7-4-8-17(13-15)24-21(28)19-25-20(14-5-2-1-3-6-14)27(26-19)18-11-9-16(23)10-12-18/h1-13H,(H,24,28). The van der Waals surface area contributed by atoms with Crippen molar-refractivity contribution < 1.29 is 9.18 Å². The third-order valence-electron chi connectivity index (χ3n) is 4.00. The Labute approximate surface area is 165 Å². The highest BCUT2D eigenvalue weighted by molar-refractivity contribution is 6.30. The van der Waals surface area contributed by atoms with Gasteiger partial charge in [-0.1, -0.05) is 48.0 Å². The van der Waals surface area contributed by atoms with Crippen LogP contribution in [0.4, 0.5) is 10.1 Å². The van der Waals surface area contributed by atoms with Gasteiger partial charge < -0.3 is 5.32 Å². The molecule has 1 heterocycles. The molecule has 1 N–H and O–H groups in total. The highest BCUT2D eigenvalue weighted by Crippen LogP contribution is 2.22. The highest BCUT2D eigenvalue weighted by atomic mass is 35.5. The molecule has 0 atom stereocenters. The molecule has 28 heavy (non-hydrogen) atoms. The summed E-state index contributed by atoms with van der Waals surface area (Å²) in [6, 6.07) is 22.0. The van der Waals surface area contributed by atoms with Crippen molar-refractivity contribution in [3.63, 3.8) is 0 Å². The largest absolute Gasteiger partial charge is 0.319 e. The van der Waals surface area contributed by atoms with E-state index in [9.17, 15) is 9.18 Å². The Morgan fingerprint density at radius 1 is 0.964 bits per heavy atom. The molecule has 1 aromatic heterocycles. The van der Waals surface area contributed by atoms with Crippen molar-refractivity contribution in [2.75, 3.05) is 5.32 Å². The summed E-state index contributed by atoms with van der Waals surface area (Å²) < 4.78 is 14.8. The number of rotatable bonds is 4. The molecule has 0 radical (unpaired) electrons. The van der Waals surface area contributed by atoms with E-state index < -0.39 is 5.91 Å². The van der Waals surface area contributed by atoms with Crippen LogP contribution in [0, 0.1) is 5.82 Å². The molecule has 7 heteroatoms. The van der Waals surface area contributed by atoms with Gasteiger partial charge in [-0.3, -0.25) is 4.79 Å². The van der Waals surface area contributed by atoms with Crippen LogP contribution >= 0.6 is 11.6 Å². The summed E-state index contributed by atoms with van der Waals surface area (Å²) in [7, 11) is 0. The lowest BCUT2D eigenvalue weighted by Crippen LogP contribution is -2.14. The smallest absolute Gasteiger partial charge is 0.295 e. The molecule has 0 aliphatic heterocycles. The van der Waals surface area contributed by atoms with E-state index in [0.29, 0.717) is 22.2 Å². The van der Waals surface area contributed by atoms with Gasteiger partial charge in [0.2, 0.25) is 5.82 Å². The van der Waals surface area contributed by atoms with Crippen LogP contribution in [0.15, 0.2) is 78.9 Å². The second-order valence-corrected chi connectivity index (χ2v) is 6.41. The summed E-state index contributed by atoms with van der Waals surface area (Å²) in [5.41, 5.74) is 1.91. The Bertz CT molecular complexity index is 1130. The van der Waals surface area contributed by atoms with Crippen LogP contribution in [0.1, 0.15) is 10.6 Å². The molecule has 5 nitrogen and oxygen atoms in total. The molecule has 0 saturated carbocycles. The molecular weight excluding hydrogens is 379 g/mol. The van der Waals surface area contributed by atoms with Crippen molar-refractivity contribution in [3.05, 3.63) is 95.5 Å². The quantitative estimate of drug-likeness (QED) is 0.533. The van der Waals surface area contributed by atoms with Crippen LogP contribution in [0.25, 0.3) is 17.1 Å². The number of aromatic nitrogens is 3. The molecule has 3 aromatic carbocycles. The molecule has 0 bridgehead atoms. The van der Waals surface area contributed by atoms with Gasteiger partial charge in [-0.2, -0.15) is 0 Å². The van der Waals surface area contributed by atoms with Crippen LogP contribution in [0.3, 0.4) is 0 Å². The predicted octanol–water partition coefficient (Wildman–Crippen LogP) is 4.98. The first kappa shape index (κ1) is 17.9. The van der Waals surface area contributed by atoms with Gasteiger partial charge in [0.05, 0.1) is 5.69 Å². The average molecular weight is 393 g/mol. The lowest BCUT2D eigenvalue weighted by Gasteiger charge is -2.05. The summed E-state index contributed by atoms with van der Waals surface area (Å²) in [4.78, 5) is 17.1. The average Bonchev–Trinajstić information content (AvgIpc) is 3.15. The summed E-state index contributed by atoms with van der Waals surface area (Å²) >= 11 is 5.96. The molecule has 4 rings (SSSR count). The van der Waals surface area contributed by atoms with E-state index in [1.165, 1.54) is 16.8 Å². The number of hydrogen-bond acceptors (Lipinski definition) is 3. The van der Waals surface area contributed by atoms with E-state index in [4.69, 9.17) is 11.6 Å². The molecule has 0 fully saturated rings. The second kappa shape index (κ2) is 7.62. The van der Waals surface area contributed by atoms with Gasteiger partial charge in [-0.15, -0.1) is 5.10 Å². The fraction of sp³-hybridized carbons (Fsp3) is 0. The Morgan fingerprint density at radius 2 is 1.71 bits per heavy atom. The third kappa shape index (κ3) is 3.77. The fourth-order valence-corrected chi connectivity index (χ4v) is 2.89. The number of hydrogen-bond donors (Lipinski definition) is 1. The SMILES string of the molecule is O=C(Nc1cccc(Cl)c1)c1nc(-c2ccccc2)n(-c2ccc(F)cc2)n1. The molecule has 0 saturated heterocycles. The zero-order valence-corrected chi connectivity index (χ0v) is 15.3. The van der Waals surface area contributed by atoms with E-state index in [1.54, 1.807) is 36.4 Å². The lowest BCUT2D eigenvalue weighted by atomic mass is 10.2. The van der Waals surface area contributed by atoms with E-state index in [1.807, 2.05) is 30.3 Å². The molecule has 1 amide bonds. The van der Waals surface area contributed by atoms with Gasteiger partial charge in [0.1, 0.15) is 5.82 Å². The van der Waals surface area contributed by atoms with Gasteiger partial charge in [-0.25, -0.2) is 14.1 Å². The summed E-state index contributed by atoms with van der Waals surface area (Å²) in [6.45, 7) is 0. The number of carbonyl (C=O) groups excluding carboxylic acids is 1. The van der Waals surface area contributed by atoms with E-state index in [2.05, 4.69) is 15.4 Å². The lowest BCUT2D eigenvalue weighted by molar-refractivity contribution is 0.101. The zero-order chi connectivity index (χ0) is 19.5. The summed E-state index contributed by atoms with van der Waals surface area (Å²) in [6.07, 6.45) is 0. The van der Waals surface area contributed by atoms with Gasteiger partial charge in [0.25, 0.3) is 5.91 Å². The minimum absolute atomic E-state index is 0.0110. The van der Waals surface area contributed by atoms with Crippen LogP contribution in [-0.4, -0.2) is 20.7 Å². The monoisotopic (exact) mass is 392 g/mol. The van der Waals surface area contributed by atoms with Crippen molar-refractivity contribution in [3.8, 4) is 17.1 Å². The van der Waals surface area contributed by atoms with Crippen LogP contribution < -0.4 is 5.32 Å². The predicted molar refractivity (Wildman–Crippen MR) is 106 cm³/mol. The van der Waals surface area contributed by atoms with Crippen LogP contribution in [0.5, 0.6) is 0 Å². The maximum atomic E-state index is 13.3. The van der Waals surface area contributed by atoms with Crippen molar-refractivity contribution in [2.24, 2.45) is 0 Å². The molecule has 0 spiro atoms.